The molecule has 1 N–H and O–H groups in total. The molecule has 1 saturated carbocycles. The van der Waals surface area contributed by atoms with E-state index in [9.17, 15) is 5.11 Å². The van der Waals surface area contributed by atoms with Crippen LogP contribution in [0.5, 0.6) is 0 Å². The maximum atomic E-state index is 9.53. The third-order valence-corrected chi connectivity index (χ3v) is 5.29. The molecule has 1 aromatic heterocycles. The second-order valence-corrected chi connectivity index (χ2v) is 7.59. The van der Waals surface area contributed by atoms with Crippen molar-refractivity contribution < 1.29 is 5.11 Å². The maximum absolute atomic E-state index is 9.53. The van der Waals surface area contributed by atoms with Gasteiger partial charge in [0.2, 0.25) is 0 Å². The molecule has 1 aliphatic carbocycles. The Morgan fingerprint density at radius 3 is 2.33 bits per heavy atom. The van der Waals surface area contributed by atoms with Crippen LogP contribution in [0, 0.1) is 11.3 Å². The Morgan fingerprint density at radius 2 is 1.89 bits per heavy atom. The lowest BCUT2D eigenvalue weighted by atomic mass is 9.70. The summed E-state index contributed by atoms with van der Waals surface area (Å²) < 4.78 is 0. The Bertz CT molecular complexity index is 383. The summed E-state index contributed by atoms with van der Waals surface area (Å²) in [4.78, 5) is 4.59. The van der Waals surface area contributed by atoms with Gasteiger partial charge in [0.1, 0.15) is 0 Å². The van der Waals surface area contributed by atoms with Gasteiger partial charge < -0.3 is 5.11 Å². The lowest BCUT2D eigenvalue weighted by molar-refractivity contribution is 0.168. The summed E-state index contributed by atoms with van der Waals surface area (Å²) >= 11 is 1.72. The highest BCUT2D eigenvalue weighted by Crippen LogP contribution is 2.43. The Hall–Kier alpha value is -0.410. The van der Waals surface area contributed by atoms with Crippen LogP contribution in [0.3, 0.4) is 0 Å². The van der Waals surface area contributed by atoms with E-state index in [1.165, 1.54) is 30.7 Å². The molecule has 1 heterocycles. The zero-order chi connectivity index (χ0) is 13.3. The molecule has 0 amide bonds. The monoisotopic (exact) mass is 267 g/mol. The molecule has 102 valence electrons. The van der Waals surface area contributed by atoms with Gasteiger partial charge >= 0.3 is 0 Å². The van der Waals surface area contributed by atoms with Crippen molar-refractivity contribution in [1.29, 1.82) is 0 Å². The summed E-state index contributed by atoms with van der Waals surface area (Å²) in [7, 11) is 0. The lowest BCUT2D eigenvalue weighted by Crippen LogP contribution is -2.25. The van der Waals surface area contributed by atoms with E-state index in [1.807, 2.05) is 5.38 Å². The van der Waals surface area contributed by atoms with Gasteiger partial charge in [0.15, 0.2) is 0 Å². The number of aliphatic hydroxyl groups is 1. The number of hydrogen-bond acceptors (Lipinski definition) is 3. The molecule has 2 rings (SSSR count). The first-order valence-corrected chi connectivity index (χ1v) is 7.89. The SMILES string of the molecule is CC(O)c1csc(C2CCC(C(C)(C)C)CC2)n1. The fourth-order valence-corrected chi connectivity index (χ4v) is 3.96. The van der Waals surface area contributed by atoms with Gasteiger partial charge in [-0.05, 0) is 43.9 Å². The highest BCUT2D eigenvalue weighted by atomic mass is 32.1. The van der Waals surface area contributed by atoms with Crippen molar-refractivity contribution in [2.24, 2.45) is 11.3 Å². The van der Waals surface area contributed by atoms with E-state index < -0.39 is 6.10 Å². The lowest BCUT2D eigenvalue weighted by Gasteiger charge is -2.36. The van der Waals surface area contributed by atoms with E-state index in [2.05, 4.69) is 25.8 Å². The van der Waals surface area contributed by atoms with Gasteiger partial charge in [-0.2, -0.15) is 0 Å². The third-order valence-electron chi connectivity index (χ3n) is 4.27. The van der Waals surface area contributed by atoms with Gasteiger partial charge in [0.05, 0.1) is 16.8 Å². The number of aromatic nitrogens is 1. The molecule has 1 aromatic rings. The predicted octanol–water partition coefficient (Wildman–Crippen LogP) is 4.52. The molecule has 2 nitrogen and oxygen atoms in total. The zero-order valence-electron chi connectivity index (χ0n) is 11.9. The summed E-state index contributed by atoms with van der Waals surface area (Å²) in [5.41, 5.74) is 1.28. The number of hydrogen-bond donors (Lipinski definition) is 1. The Balaban J connectivity index is 1.97. The Kier molecular flexibility index (Phi) is 4.12. The normalized spacial score (nSPS) is 27.2. The van der Waals surface area contributed by atoms with Crippen LogP contribution >= 0.6 is 11.3 Å². The summed E-state index contributed by atoms with van der Waals surface area (Å²) in [6, 6.07) is 0. The number of nitrogens with zero attached hydrogens (tertiary/aromatic N) is 1. The van der Waals surface area contributed by atoms with E-state index in [0.29, 0.717) is 11.3 Å². The van der Waals surface area contributed by atoms with E-state index in [4.69, 9.17) is 0 Å². The van der Waals surface area contributed by atoms with Gasteiger partial charge in [0.25, 0.3) is 0 Å². The van der Waals surface area contributed by atoms with E-state index in [0.717, 1.165) is 11.6 Å². The van der Waals surface area contributed by atoms with Gasteiger partial charge in [-0.3, -0.25) is 0 Å². The van der Waals surface area contributed by atoms with Crippen molar-refractivity contribution in [2.45, 2.75) is 65.4 Å². The molecule has 0 bridgehead atoms. The second kappa shape index (κ2) is 5.30. The molecule has 0 radical (unpaired) electrons. The molecule has 1 atom stereocenters. The number of rotatable bonds is 2. The van der Waals surface area contributed by atoms with Gasteiger partial charge in [0, 0.05) is 11.3 Å². The van der Waals surface area contributed by atoms with Crippen LogP contribution in [0.15, 0.2) is 5.38 Å². The number of thiazole rings is 1. The van der Waals surface area contributed by atoms with Gasteiger partial charge in [-0.25, -0.2) is 4.98 Å². The maximum Gasteiger partial charge on any atom is 0.0960 e. The first-order valence-electron chi connectivity index (χ1n) is 7.01. The number of aliphatic hydroxyl groups excluding tert-OH is 1. The highest BCUT2D eigenvalue weighted by Gasteiger charge is 2.31. The minimum Gasteiger partial charge on any atom is -0.387 e. The van der Waals surface area contributed by atoms with E-state index in [1.54, 1.807) is 18.3 Å². The van der Waals surface area contributed by atoms with Crippen LogP contribution in [-0.4, -0.2) is 10.1 Å². The van der Waals surface area contributed by atoms with Crippen LogP contribution in [0.1, 0.15) is 76.1 Å². The first kappa shape index (κ1) is 14.0. The molecule has 18 heavy (non-hydrogen) atoms. The highest BCUT2D eigenvalue weighted by molar-refractivity contribution is 7.09. The van der Waals surface area contributed by atoms with Crippen molar-refractivity contribution in [3.05, 3.63) is 16.1 Å². The van der Waals surface area contributed by atoms with Crippen molar-refractivity contribution in [3.8, 4) is 0 Å². The molecule has 1 fully saturated rings. The largest absolute Gasteiger partial charge is 0.387 e. The smallest absolute Gasteiger partial charge is 0.0960 e. The standard InChI is InChI=1S/C15H25NOS/c1-10(17)13-9-18-14(16-13)11-5-7-12(8-6-11)15(2,3)4/h9-12,17H,5-8H2,1-4H3. The van der Waals surface area contributed by atoms with Crippen LogP contribution < -0.4 is 0 Å². The van der Waals surface area contributed by atoms with Crippen molar-refractivity contribution >= 4 is 11.3 Å². The molecule has 0 saturated heterocycles. The average Bonchev–Trinajstić information content (AvgIpc) is 2.77. The molecule has 0 spiro atoms. The van der Waals surface area contributed by atoms with Crippen LogP contribution in [0.25, 0.3) is 0 Å². The third kappa shape index (κ3) is 3.12. The minimum atomic E-state index is -0.430. The van der Waals surface area contributed by atoms with Crippen LogP contribution in [-0.2, 0) is 0 Å². The van der Waals surface area contributed by atoms with Crippen molar-refractivity contribution in [3.63, 3.8) is 0 Å². The molecule has 1 aliphatic rings. The fourth-order valence-electron chi connectivity index (χ4n) is 2.89. The van der Waals surface area contributed by atoms with E-state index in [-0.39, 0.29) is 0 Å². The molecule has 0 aromatic carbocycles. The summed E-state index contributed by atoms with van der Waals surface area (Å²) in [5, 5.41) is 12.8. The van der Waals surface area contributed by atoms with Gasteiger partial charge in [-0.15, -0.1) is 11.3 Å². The summed E-state index contributed by atoms with van der Waals surface area (Å²) in [6.45, 7) is 8.85. The molecule has 1 unspecified atom stereocenters. The Morgan fingerprint density at radius 1 is 1.28 bits per heavy atom. The summed E-state index contributed by atoms with van der Waals surface area (Å²) in [5.74, 6) is 1.48. The van der Waals surface area contributed by atoms with Crippen LogP contribution in [0.2, 0.25) is 0 Å². The molecule has 0 aliphatic heterocycles. The summed E-state index contributed by atoms with van der Waals surface area (Å²) in [6.07, 6.45) is 4.72. The quantitative estimate of drug-likeness (QED) is 0.855. The zero-order valence-corrected chi connectivity index (χ0v) is 12.8. The van der Waals surface area contributed by atoms with Gasteiger partial charge in [-0.1, -0.05) is 20.8 Å². The minimum absolute atomic E-state index is 0.430. The topological polar surface area (TPSA) is 33.1 Å². The Labute approximate surface area is 114 Å². The van der Waals surface area contributed by atoms with Crippen LogP contribution in [0.4, 0.5) is 0 Å². The molecule has 3 heteroatoms. The molecular formula is C15H25NOS. The molecular weight excluding hydrogens is 242 g/mol. The van der Waals surface area contributed by atoms with Crippen molar-refractivity contribution in [1.82, 2.24) is 4.98 Å². The fraction of sp³-hybridized carbons (Fsp3) is 0.800. The van der Waals surface area contributed by atoms with Crippen molar-refractivity contribution in [2.75, 3.05) is 0 Å². The average molecular weight is 267 g/mol. The first-order chi connectivity index (χ1) is 8.38. The second-order valence-electron chi connectivity index (χ2n) is 6.70. The van der Waals surface area contributed by atoms with E-state index >= 15 is 0 Å². The predicted molar refractivity (Wildman–Crippen MR) is 76.9 cm³/mol.